The zero-order valence-electron chi connectivity index (χ0n) is 7.22. The molecular weight excluding hydrogens is 334 g/mol. The van der Waals surface area contributed by atoms with E-state index in [1.165, 1.54) is 18.2 Å². The van der Waals surface area contributed by atoms with Gasteiger partial charge in [-0.05, 0) is 37.9 Å². The molecule has 5 nitrogen and oxygen atoms in total. The van der Waals surface area contributed by atoms with Crippen LogP contribution in [0.25, 0.3) is 0 Å². The third kappa shape index (κ3) is 2.07. The number of hydrogen-bond donors (Lipinski definition) is 0. The van der Waals surface area contributed by atoms with E-state index in [1.807, 2.05) is 0 Å². The molecule has 2 rings (SSSR count). The predicted molar refractivity (Wildman–Crippen MR) is 59.8 cm³/mol. The van der Waals surface area contributed by atoms with Crippen molar-refractivity contribution in [1.82, 2.24) is 0 Å². The minimum atomic E-state index is -0.479. The minimum absolute atomic E-state index is 0.0231. The van der Waals surface area contributed by atoms with Gasteiger partial charge in [0, 0.05) is 6.07 Å². The van der Waals surface area contributed by atoms with E-state index in [-0.39, 0.29) is 15.7 Å². The van der Waals surface area contributed by atoms with Crippen LogP contribution in [-0.2, 0) is 0 Å². The van der Waals surface area contributed by atoms with Crippen LogP contribution in [-0.4, -0.2) is 14.9 Å². The second-order valence-corrected chi connectivity index (χ2v) is 4.63. The van der Waals surface area contributed by atoms with Crippen molar-refractivity contribution >= 4 is 37.5 Å². The van der Waals surface area contributed by atoms with Crippen LogP contribution >= 0.6 is 31.9 Å². The molecule has 0 spiro atoms. The molecule has 0 aromatic heterocycles. The normalized spacial score (nSPS) is 23.6. The summed E-state index contributed by atoms with van der Waals surface area (Å²) >= 11 is 6.46. The van der Waals surface area contributed by atoms with Gasteiger partial charge in [0.05, 0.1) is 11.0 Å². The molecule has 0 fully saturated rings. The summed E-state index contributed by atoms with van der Waals surface area (Å²) in [6, 6.07) is 4.22. The lowest BCUT2D eigenvalue weighted by Gasteiger charge is -2.26. The van der Waals surface area contributed by atoms with Crippen LogP contribution in [0.5, 0.6) is 11.5 Å². The maximum atomic E-state index is 10.5. The smallest absolute Gasteiger partial charge is 0.273 e. The lowest BCUT2D eigenvalue weighted by atomic mass is 10.2. The highest BCUT2D eigenvalue weighted by Gasteiger charge is 2.28. The first kappa shape index (κ1) is 10.7. The average Bonchev–Trinajstić information content (AvgIpc) is 2.19. The molecular formula is C8H5Br2NO4. The predicted octanol–water partition coefficient (Wildman–Crippen LogP) is 2.81. The Hall–Kier alpha value is -0.820. The molecule has 1 heterocycles. The molecule has 2 atom stereocenters. The quantitative estimate of drug-likeness (QED) is 0.449. The van der Waals surface area contributed by atoms with E-state index >= 15 is 0 Å². The van der Waals surface area contributed by atoms with Crippen molar-refractivity contribution in [2.45, 2.75) is 10.0 Å². The Labute approximate surface area is 102 Å². The first-order valence-corrected chi connectivity index (χ1v) is 5.81. The van der Waals surface area contributed by atoms with E-state index in [2.05, 4.69) is 31.9 Å². The molecule has 15 heavy (non-hydrogen) atoms. The zero-order chi connectivity index (χ0) is 11.0. The Balaban J connectivity index is 2.37. The highest BCUT2D eigenvalue weighted by atomic mass is 79.9. The van der Waals surface area contributed by atoms with Gasteiger partial charge < -0.3 is 9.47 Å². The fourth-order valence-corrected chi connectivity index (χ4v) is 1.77. The molecule has 2 unspecified atom stereocenters. The van der Waals surface area contributed by atoms with Crippen molar-refractivity contribution in [3.05, 3.63) is 28.3 Å². The summed E-state index contributed by atoms with van der Waals surface area (Å²) in [4.78, 5) is 10.0. The summed E-state index contributed by atoms with van der Waals surface area (Å²) in [6.07, 6.45) is 0. The number of nitro benzene ring substituents is 1. The summed E-state index contributed by atoms with van der Waals surface area (Å²) < 4.78 is 10.8. The molecule has 7 heteroatoms. The molecule has 0 saturated heterocycles. The zero-order valence-corrected chi connectivity index (χ0v) is 10.4. The Morgan fingerprint density at radius 3 is 2.40 bits per heavy atom. The number of alkyl halides is 2. The molecule has 0 aliphatic carbocycles. The molecule has 0 bridgehead atoms. The van der Waals surface area contributed by atoms with Gasteiger partial charge in [0.25, 0.3) is 5.69 Å². The number of halogens is 2. The first-order valence-electron chi connectivity index (χ1n) is 3.98. The lowest BCUT2D eigenvalue weighted by molar-refractivity contribution is -0.385. The molecule has 1 aliphatic heterocycles. The standard InChI is InChI=1S/C8H5Br2NO4/c9-7-8(10)15-6-3-4(11(12)13)1-2-5(6)14-7/h1-3,7-8H. The van der Waals surface area contributed by atoms with Gasteiger partial charge in [-0.1, -0.05) is 0 Å². The highest BCUT2D eigenvalue weighted by molar-refractivity contribution is 9.12. The number of hydrogen-bond acceptors (Lipinski definition) is 4. The van der Waals surface area contributed by atoms with Gasteiger partial charge in [-0.3, -0.25) is 10.1 Å². The molecule has 1 aromatic carbocycles. The monoisotopic (exact) mass is 337 g/mol. The molecule has 0 N–H and O–H groups in total. The highest BCUT2D eigenvalue weighted by Crippen LogP contribution is 2.39. The average molecular weight is 339 g/mol. The van der Waals surface area contributed by atoms with Crippen molar-refractivity contribution in [3.63, 3.8) is 0 Å². The van der Waals surface area contributed by atoms with Crippen LogP contribution in [0.3, 0.4) is 0 Å². The number of rotatable bonds is 1. The second kappa shape index (κ2) is 3.97. The van der Waals surface area contributed by atoms with Crippen molar-refractivity contribution in [2.24, 2.45) is 0 Å². The number of nitro groups is 1. The van der Waals surface area contributed by atoms with Crippen molar-refractivity contribution in [1.29, 1.82) is 0 Å². The summed E-state index contributed by atoms with van der Waals surface area (Å²) in [5.74, 6) is 0.847. The number of nitrogens with zero attached hydrogens (tertiary/aromatic N) is 1. The molecule has 1 aromatic rings. The van der Waals surface area contributed by atoms with Gasteiger partial charge in [-0.2, -0.15) is 0 Å². The van der Waals surface area contributed by atoms with Crippen LogP contribution in [0, 0.1) is 10.1 Å². The maximum absolute atomic E-state index is 10.5. The van der Waals surface area contributed by atoms with Crippen LogP contribution < -0.4 is 9.47 Å². The van der Waals surface area contributed by atoms with Crippen molar-refractivity contribution < 1.29 is 14.4 Å². The number of non-ortho nitro benzene ring substituents is 1. The van der Waals surface area contributed by atoms with Crippen LogP contribution in [0.4, 0.5) is 5.69 Å². The fourth-order valence-electron chi connectivity index (χ4n) is 1.15. The van der Waals surface area contributed by atoms with Gasteiger partial charge in [0.1, 0.15) is 0 Å². The molecule has 80 valence electrons. The van der Waals surface area contributed by atoms with Crippen LogP contribution in [0.2, 0.25) is 0 Å². The van der Waals surface area contributed by atoms with Crippen LogP contribution in [0.15, 0.2) is 18.2 Å². The Bertz CT molecular complexity index is 412. The van der Waals surface area contributed by atoms with Gasteiger partial charge >= 0.3 is 0 Å². The van der Waals surface area contributed by atoms with Gasteiger partial charge in [0.15, 0.2) is 21.5 Å². The number of ether oxygens (including phenoxy) is 2. The molecule has 1 aliphatic rings. The maximum Gasteiger partial charge on any atom is 0.273 e. The number of fused-ring (bicyclic) bond motifs is 1. The third-order valence-corrected chi connectivity index (χ3v) is 3.87. The fraction of sp³-hybridized carbons (Fsp3) is 0.250. The van der Waals surface area contributed by atoms with E-state index in [1.54, 1.807) is 0 Å². The van der Waals surface area contributed by atoms with E-state index < -0.39 is 4.92 Å². The summed E-state index contributed by atoms with van der Waals surface area (Å²) in [7, 11) is 0. The number of benzene rings is 1. The van der Waals surface area contributed by atoms with Crippen molar-refractivity contribution in [2.75, 3.05) is 0 Å². The first-order chi connectivity index (χ1) is 7.08. The largest absolute Gasteiger partial charge is 0.470 e. The van der Waals surface area contributed by atoms with Gasteiger partial charge in [0.2, 0.25) is 0 Å². The second-order valence-electron chi connectivity index (χ2n) is 2.83. The topological polar surface area (TPSA) is 61.6 Å². The molecule has 0 radical (unpaired) electrons. The van der Waals surface area contributed by atoms with Gasteiger partial charge in [-0.15, -0.1) is 0 Å². The van der Waals surface area contributed by atoms with E-state index in [0.717, 1.165) is 0 Å². The summed E-state index contributed by atoms with van der Waals surface area (Å²) in [5.41, 5.74) is -0.0231. The Kier molecular flexibility index (Phi) is 2.83. The van der Waals surface area contributed by atoms with Gasteiger partial charge in [-0.25, -0.2) is 0 Å². The summed E-state index contributed by atoms with van der Waals surface area (Å²) in [6.45, 7) is 0. The van der Waals surface area contributed by atoms with Crippen molar-refractivity contribution in [3.8, 4) is 11.5 Å². The summed E-state index contributed by atoms with van der Waals surface area (Å²) in [5, 5.41) is 9.84. The Morgan fingerprint density at radius 1 is 1.20 bits per heavy atom. The Morgan fingerprint density at radius 2 is 1.80 bits per heavy atom. The van der Waals surface area contributed by atoms with E-state index in [4.69, 9.17) is 9.47 Å². The minimum Gasteiger partial charge on any atom is -0.470 e. The molecule has 0 saturated carbocycles. The third-order valence-electron chi connectivity index (χ3n) is 1.82. The van der Waals surface area contributed by atoms with E-state index in [9.17, 15) is 10.1 Å². The SMILES string of the molecule is O=[N+]([O-])c1ccc2c(c1)OC(Br)C(Br)O2. The molecule has 0 amide bonds. The van der Waals surface area contributed by atoms with E-state index in [0.29, 0.717) is 11.5 Å². The van der Waals surface area contributed by atoms with Crippen LogP contribution in [0.1, 0.15) is 0 Å². The lowest BCUT2D eigenvalue weighted by Crippen LogP contribution is -2.30.